The quantitative estimate of drug-likeness (QED) is 0.418. The number of aliphatic hydroxyl groups excluding tert-OH is 2. The van der Waals surface area contributed by atoms with Crippen LogP contribution in [0.25, 0.3) is 0 Å². The molecule has 0 aliphatic heterocycles. The van der Waals surface area contributed by atoms with Gasteiger partial charge in [0.05, 0.1) is 19.8 Å². The Bertz CT molecular complexity index is 120. The van der Waals surface area contributed by atoms with Gasteiger partial charge < -0.3 is 31.7 Å². The standard InChI is InChI=1S/C6H13NO4.Cu.3H2O/c8-3-1-7(2-4-9)5-6(10)11;;;;/h8-9H,1-5H2,(H,10,11);;3*1H2/q;+1;;;. The second-order valence-electron chi connectivity index (χ2n) is 2.12. The average Bonchev–Trinajstić information content (AvgIpc) is 1.87. The molecule has 9 N–H and O–H groups in total. The summed E-state index contributed by atoms with van der Waals surface area (Å²) in [6.07, 6.45) is 0. The number of hydrogen-bond donors (Lipinski definition) is 3. The summed E-state index contributed by atoms with van der Waals surface area (Å²) in [6, 6.07) is 0. The first-order valence-corrected chi connectivity index (χ1v) is 3.36. The fourth-order valence-corrected chi connectivity index (χ4v) is 0.744. The van der Waals surface area contributed by atoms with Crippen LogP contribution in [0.1, 0.15) is 0 Å². The first-order valence-electron chi connectivity index (χ1n) is 3.36. The number of aliphatic carboxylic acids is 1. The van der Waals surface area contributed by atoms with Crippen molar-refractivity contribution in [2.45, 2.75) is 0 Å². The first kappa shape index (κ1) is 29.3. The van der Waals surface area contributed by atoms with Crippen molar-refractivity contribution in [1.82, 2.24) is 4.90 Å². The maximum absolute atomic E-state index is 10.2. The molecule has 0 heterocycles. The minimum Gasteiger partial charge on any atom is -0.480 e. The smallest absolute Gasteiger partial charge is 0.480 e. The van der Waals surface area contributed by atoms with Crippen LogP contribution in [0.4, 0.5) is 0 Å². The van der Waals surface area contributed by atoms with Crippen molar-refractivity contribution in [2.24, 2.45) is 0 Å². The van der Waals surface area contributed by atoms with Crippen LogP contribution in [0.2, 0.25) is 0 Å². The Kier molecular flexibility index (Phi) is 37.8. The summed E-state index contributed by atoms with van der Waals surface area (Å²) in [5.41, 5.74) is 0. The molecule has 0 saturated heterocycles. The van der Waals surface area contributed by atoms with Gasteiger partial charge in [0, 0.05) is 13.1 Å². The molecular formula is C6H19CuNO7+. The summed E-state index contributed by atoms with van der Waals surface area (Å²) in [5.74, 6) is -0.952. The van der Waals surface area contributed by atoms with Gasteiger partial charge in [-0.3, -0.25) is 9.69 Å². The molecule has 0 amide bonds. The second kappa shape index (κ2) is 19.3. The van der Waals surface area contributed by atoms with Gasteiger partial charge in [0.2, 0.25) is 0 Å². The number of aliphatic hydroxyl groups is 2. The fourth-order valence-electron chi connectivity index (χ4n) is 0.744. The number of rotatable bonds is 6. The molecule has 0 radical (unpaired) electrons. The molecule has 0 aromatic rings. The molecule has 9 heteroatoms. The Morgan fingerprint density at radius 2 is 1.33 bits per heavy atom. The fraction of sp³-hybridized carbons (Fsp3) is 0.833. The third kappa shape index (κ3) is 20.0. The molecule has 0 rings (SSSR count). The van der Waals surface area contributed by atoms with E-state index in [1.165, 1.54) is 4.90 Å². The van der Waals surface area contributed by atoms with E-state index in [0.29, 0.717) is 0 Å². The third-order valence-electron chi connectivity index (χ3n) is 1.19. The summed E-state index contributed by atoms with van der Waals surface area (Å²) in [6.45, 7) is 0.251. The largest absolute Gasteiger partial charge is 1.00 e. The maximum Gasteiger partial charge on any atom is 1.00 e. The number of hydrogen-bond acceptors (Lipinski definition) is 4. The van der Waals surface area contributed by atoms with Crippen LogP contribution in [0.3, 0.4) is 0 Å². The molecule has 0 aromatic heterocycles. The Balaban J connectivity index is -0.0000000833. The molecule has 15 heavy (non-hydrogen) atoms. The van der Waals surface area contributed by atoms with Gasteiger partial charge in [-0.15, -0.1) is 0 Å². The minimum atomic E-state index is -0.952. The third-order valence-corrected chi connectivity index (χ3v) is 1.19. The zero-order chi connectivity index (χ0) is 8.69. The molecule has 100 valence electrons. The van der Waals surface area contributed by atoms with Gasteiger partial charge in [0.25, 0.3) is 0 Å². The number of carboxylic acid groups (broad SMARTS) is 1. The summed E-state index contributed by atoms with van der Waals surface area (Å²) < 4.78 is 0. The van der Waals surface area contributed by atoms with E-state index in [2.05, 4.69) is 0 Å². The second-order valence-corrected chi connectivity index (χ2v) is 2.12. The van der Waals surface area contributed by atoms with Crippen molar-refractivity contribution in [3.05, 3.63) is 0 Å². The number of nitrogens with zero attached hydrogens (tertiary/aromatic N) is 1. The SMILES string of the molecule is O.O.O.O=C(O)CN(CCO)CCO.[Cu+]. The van der Waals surface area contributed by atoms with Crippen molar-refractivity contribution < 1.29 is 53.6 Å². The molecule has 0 aromatic carbocycles. The van der Waals surface area contributed by atoms with E-state index >= 15 is 0 Å². The van der Waals surface area contributed by atoms with Crippen LogP contribution in [0.5, 0.6) is 0 Å². The van der Waals surface area contributed by atoms with Crippen LogP contribution in [-0.4, -0.2) is 75.5 Å². The van der Waals surface area contributed by atoms with E-state index in [1.807, 2.05) is 0 Å². The monoisotopic (exact) mass is 280 g/mol. The summed E-state index contributed by atoms with van der Waals surface area (Å²) in [5, 5.41) is 25.3. The predicted molar refractivity (Wildman–Crippen MR) is 49.1 cm³/mol. The van der Waals surface area contributed by atoms with Gasteiger partial charge in [-0.1, -0.05) is 0 Å². The molecule has 0 bridgehead atoms. The normalized spacial score (nSPS) is 7.67. The topological polar surface area (TPSA) is 175 Å². The predicted octanol–water partition coefficient (Wildman–Crippen LogP) is -4.12. The molecule has 8 nitrogen and oxygen atoms in total. The van der Waals surface area contributed by atoms with Crippen molar-refractivity contribution >= 4 is 5.97 Å². The Labute approximate surface area is 97.9 Å². The Morgan fingerprint density at radius 1 is 1.00 bits per heavy atom. The molecule has 0 saturated carbocycles. The van der Waals surface area contributed by atoms with E-state index in [1.54, 1.807) is 0 Å². The van der Waals surface area contributed by atoms with Crippen LogP contribution in [0, 0.1) is 0 Å². The van der Waals surface area contributed by atoms with Gasteiger partial charge in [-0.25, -0.2) is 0 Å². The van der Waals surface area contributed by atoms with Crippen molar-refractivity contribution in [2.75, 3.05) is 32.8 Å². The van der Waals surface area contributed by atoms with E-state index in [9.17, 15) is 4.79 Å². The van der Waals surface area contributed by atoms with Crippen molar-refractivity contribution in [3.8, 4) is 0 Å². The van der Waals surface area contributed by atoms with Crippen molar-refractivity contribution in [3.63, 3.8) is 0 Å². The zero-order valence-corrected chi connectivity index (χ0v) is 8.98. The van der Waals surface area contributed by atoms with Gasteiger partial charge in [0.1, 0.15) is 0 Å². The van der Waals surface area contributed by atoms with Crippen LogP contribution in [0.15, 0.2) is 0 Å². The number of carboxylic acids is 1. The summed E-state index contributed by atoms with van der Waals surface area (Å²) in [4.78, 5) is 11.6. The maximum atomic E-state index is 10.2. The summed E-state index contributed by atoms with van der Waals surface area (Å²) in [7, 11) is 0. The molecule has 0 fully saturated rings. The Hall–Kier alpha value is -0.251. The number of carbonyl (C=O) groups is 1. The van der Waals surface area contributed by atoms with Crippen LogP contribution >= 0.6 is 0 Å². The van der Waals surface area contributed by atoms with Gasteiger partial charge in [-0.2, -0.15) is 0 Å². The van der Waals surface area contributed by atoms with Gasteiger partial charge in [0.15, 0.2) is 0 Å². The van der Waals surface area contributed by atoms with Crippen LogP contribution < -0.4 is 0 Å². The zero-order valence-electron chi connectivity index (χ0n) is 8.03. The van der Waals surface area contributed by atoms with Crippen LogP contribution in [-0.2, 0) is 21.9 Å². The molecule has 0 aliphatic carbocycles. The van der Waals surface area contributed by atoms with Gasteiger partial charge >= 0.3 is 23.0 Å². The van der Waals surface area contributed by atoms with Gasteiger partial charge in [-0.05, 0) is 0 Å². The van der Waals surface area contributed by atoms with E-state index in [0.717, 1.165) is 0 Å². The molecular weight excluding hydrogens is 262 g/mol. The van der Waals surface area contributed by atoms with Crippen molar-refractivity contribution in [1.29, 1.82) is 0 Å². The van der Waals surface area contributed by atoms with E-state index in [4.69, 9.17) is 15.3 Å². The molecule has 0 atom stereocenters. The molecule has 0 spiro atoms. The molecule has 0 unspecified atom stereocenters. The van der Waals surface area contributed by atoms with E-state index < -0.39 is 5.97 Å². The van der Waals surface area contributed by atoms with E-state index in [-0.39, 0.29) is 66.3 Å². The Morgan fingerprint density at radius 3 is 1.53 bits per heavy atom. The first-order chi connectivity index (χ1) is 5.20. The summed E-state index contributed by atoms with van der Waals surface area (Å²) >= 11 is 0. The average molecular weight is 281 g/mol. The minimum absolute atomic E-state index is 0. The molecule has 0 aliphatic rings.